The smallest absolute Gasteiger partial charge is 0.251 e. The Morgan fingerprint density at radius 1 is 1.45 bits per heavy atom. The van der Waals surface area contributed by atoms with Crippen LogP contribution in [0.1, 0.15) is 24.8 Å². The van der Waals surface area contributed by atoms with Gasteiger partial charge in [-0.1, -0.05) is 12.2 Å². The Balaban J connectivity index is 1.94. The molecular formula is C14H12FN3OS. The Bertz CT molecular complexity index is 640. The van der Waals surface area contributed by atoms with E-state index in [1.807, 2.05) is 11.0 Å². The van der Waals surface area contributed by atoms with Gasteiger partial charge in [-0.25, -0.2) is 4.39 Å². The fourth-order valence-electron chi connectivity index (χ4n) is 2.75. The van der Waals surface area contributed by atoms with Gasteiger partial charge in [-0.05, 0) is 37.5 Å². The van der Waals surface area contributed by atoms with Crippen molar-refractivity contribution in [2.45, 2.75) is 25.3 Å². The van der Waals surface area contributed by atoms with Gasteiger partial charge in [0.05, 0.1) is 29.0 Å². The van der Waals surface area contributed by atoms with Crippen LogP contribution in [0.25, 0.3) is 0 Å². The van der Waals surface area contributed by atoms with E-state index in [9.17, 15) is 9.18 Å². The number of benzene rings is 1. The van der Waals surface area contributed by atoms with Crippen molar-refractivity contribution in [3.63, 3.8) is 0 Å². The Hall–Kier alpha value is -2.00. The number of piperidine rings is 1. The molecule has 0 bridgehead atoms. The molecule has 1 aromatic carbocycles. The fourth-order valence-corrected chi connectivity index (χ4v) is 3.08. The summed E-state index contributed by atoms with van der Waals surface area (Å²) in [6.45, 7) is 0.297. The molecule has 0 spiro atoms. The summed E-state index contributed by atoms with van der Waals surface area (Å²) >= 11 is 5.28. The minimum atomic E-state index is -0.553. The standard InChI is InChI=1S/C14H12FN3OS/c15-10-6-9(7-16)4-5-11(10)18-8-17-12(14(18)19)2-1-3-13(17)20/h4-6,12H,1-3,8H2. The SMILES string of the molecule is N#Cc1ccc(N2CN3C(=S)CCCC3C2=O)c(F)c1. The fraction of sp³-hybridized carbons (Fsp3) is 0.357. The highest BCUT2D eigenvalue weighted by Gasteiger charge is 2.42. The number of carbonyl (C=O) groups is 1. The van der Waals surface area contributed by atoms with Crippen molar-refractivity contribution in [3.8, 4) is 6.07 Å². The highest BCUT2D eigenvalue weighted by atomic mass is 32.1. The van der Waals surface area contributed by atoms with Crippen LogP contribution in [0.4, 0.5) is 10.1 Å². The molecule has 0 radical (unpaired) electrons. The molecule has 2 saturated heterocycles. The molecule has 102 valence electrons. The second-order valence-corrected chi connectivity index (χ2v) is 5.43. The number of halogens is 1. The van der Waals surface area contributed by atoms with E-state index in [0.29, 0.717) is 6.67 Å². The van der Waals surface area contributed by atoms with Gasteiger partial charge in [-0.2, -0.15) is 5.26 Å². The van der Waals surface area contributed by atoms with Gasteiger partial charge < -0.3 is 4.90 Å². The van der Waals surface area contributed by atoms with Gasteiger partial charge in [0.25, 0.3) is 5.91 Å². The van der Waals surface area contributed by atoms with Crippen molar-refractivity contribution in [2.75, 3.05) is 11.6 Å². The first-order valence-corrected chi connectivity index (χ1v) is 6.83. The Morgan fingerprint density at radius 2 is 2.25 bits per heavy atom. The Labute approximate surface area is 121 Å². The molecule has 3 rings (SSSR count). The number of hydrogen-bond donors (Lipinski definition) is 0. The molecule has 2 aliphatic rings. The monoisotopic (exact) mass is 289 g/mol. The maximum absolute atomic E-state index is 14.0. The topological polar surface area (TPSA) is 47.3 Å². The highest BCUT2D eigenvalue weighted by molar-refractivity contribution is 7.80. The summed E-state index contributed by atoms with van der Waals surface area (Å²) in [4.78, 5) is 16.4. The van der Waals surface area contributed by atoms with Gasteiger partial charge in [0.1, 0.15) is 11.9 Å². The number of nitriles is 1. The molecule has 1 aromatic rings. The third-order valence-corrected chi connectivity index (χ3v) is 4.22. The normalized spacial score (nSPS) is 21.9. The van der Waals surface area contributed by atoms with Gasteiger partial charge in [-0.15, -0.1) is 0 Å². The van der Waals surface area contributed by atoms with Crippen LogP contribution < -0.4 is 4.90 Å². The van der Waals surface area contributed by atoms with Crippen LogP contribution in [0.2, 0.25) is 0 Å². The molecule has 20 heavy (non-hydrogen) atoms. The summed E-state index contributed by atoms with van der Waals surface area (Å²) in [5, 5.41) is 8.75. The van der Waals surface area contributed by atoms with Crippen molar-refractivity contribution in [3.05, 3.63) is 29.6 Å². The summed E-state index contributed by atoms with van der Waals surface area (Å²) in [5.74, 6) is -0.668. The first-order valence-electron chi connectivity index (χ1n) is 6.42. The van der Waals surface area contributed by atoms with Gasteiger partial charge in [0, 0.05) is 0 Å². The van der Waals surface area contributed by atoms with E-state index in [4.69, 9.17) is 17.5 Å². The van der Waals surface area contributed by atoms with Gasteiger partial charge in [-0.3, -0.25) is 9.69 Å². The number of carbonyl (C=O) groups excluding carboxylic acids is 1. The average molecular weight is 289 g/mol. The molecule has 2 aliphatic heterocycles. The number of hydrogen-bond acceptors (Lipinski definition) is 3. The maximum Gasteiger partial charge on any atom is 0.251 e. The molecule has 6 heteroatoms. The van der Waals surface area contributed by atoms with E-state index in [2.05, 4.69) is 0 Å². The van der Waals surface area contributed by atoms with Crippen molar-refractivity contribution in [1.29, 1.82) is 5.26 Å². The van der Waals surface area contributed by atoms with E-state index in [0.717, 1.165) is 30.3 Å². The Kier molecular flexibility index (Phi) is 3.14. The van der Waals surface area contributed by atoms with Crippen LogP contribution in [-0.4, -0.2) is 28.5 Å². The lowest BCUT2D eigenvalue weighted by molar-refractivity contribution is -0.119. The molecule has 1 amide bonds. The lowest BCUT2D eigenvalue weighted by Gasteiger charge is -2.28. The minimum absolute atomic E-state index is 0.115. The average Bonchev–Trinajstić information content (AvgIpc) is 2.78. The summed E-state index contributed by atoms with van der Waals surface area (Å²) in [7, 11) is 0. The zero-order valence-corrected chi connectivity index (χ0v) is 11.5. The van der Waals surface area contributed by atoms with E-state index < -0.39 is 5.82 Å². The predicted octanol–water partition coefficient (Wildman–Crippen LogP) is 2.18. The van der Waals surface area contributed by atoms with Crippen LogP contribution >= 0.6 is 12.2 Å². The molecule has 2 fully saturated rings. The van der Waals surface area contributed by atoms with Crippen LogP contribution in [0.15, 0.2) is 18.2 Å². The predicted molar refractivity (Wildman–Crippen MR) is 75.5 cm³/mol. The molecule has 0 saturated carbocycles. The highest BCUT2D eigenvalue weighted by Crippen LogP contribution is 2.31. The third-order valence-electron chi connectivity index (χ3n) is 3.78. The first kappa shape index (κ1) is 13.0. The van der Waals surface area contributed by atoms with Crippen LogP contribution in [0, 0.1) is 17.1 Å². The number of fused-ring (bicyclic) bond motifs is 1. The number of rotatable bonds is 1. The summed E-state index contributed by atoms with van der Waals surface area (Å²) in [5.41, 5.74) is 0.456. The molecule has 1 atom stereocenters. The van der Waals surface area contributed by atoms with Crippen LogP contribution in [-0.2, 0) is 4.79 Å². The Morgan fingerprint density at radius 3 is 2.90 bits per heavy atom. The minimum Gasteiger partial charge on any atom is -0.336 e. The zero-order valence-electron chi connectivity index (χ0n) is 10.7. The van der Waals surface area contributed by atoms with Gasteiger partial charge in [0.2, 0.25) is 0 Å². The van der Waals surface area contributed by atoms with Crippen molar-refractivity contribution in [1.82, 2.24) is 4.90 Å². The summed E-state index contributed by atoms with van der Waals surface area (Å²) in [6, 6.07) is 5.77. The largest absolute Gasteiger partial charge is 0.336 e. The third kappa shape index (κ3) is 1.95. The van der Waals surface area contributed by atoms with Gasteiger partial charge in [0.15, 0.2) is 0 Å². The summed E-state index contributed by atoms with van der Waals surface area (Å²) in [6.07, 6.45) is 2.46. The van der Waals surface area contributed by atoms with E-state index >= 15 is 0 Å². The quantitative estimate of drug-likeness (QED) is 0.744. The number of nitrogens with zero attached hydrogens (tertiary/aromatic N) is 3. The lowest BCUT2D eigenvalue weighted by Crippen LogP contribution is -2.40. The van der Waals surface area contributed by atoms with Crippen LogP contribution in [0.5, 0.6) is 0 Å². The van der Waals surface area contributed by atoms with Crippen LogP contribution in [0.3, 0.4) is 0 Å². The lowest BCUT2D eigenvalue weighted by atomic mass is 10.0. The van der Waals surface area contributed by atoms with E-state index in [1.54, 1.807) is 0 Å². The molecule has 0 N–H and O–H groups in total. The number of anilines is 1. The maximum atomic E-state index is 14.0. The van der Waals surface area contributed by atoms with Crippen molar-refractivity contribution < 1.29 is 9.18 Å². The second kappa shape index (κ2) is 4.84. The molecular weight excluding hydrogens is 277 g/mol. The molecule has 2 heterocycles. The van der Waals surface area contributed by atoms with Gasteiger partial charge >= 0.3 is 0 Å². The number of amides is 1. The van der Waals surface area contributed by atoms with Crippen molar-refractivity contribution >= 4 is 28.8 Å². The number of thiocarbonyl (C=S) groups is 1. The molecule has 0 aliphatic carbocycles. The molecule has 1 unspecified atom stereocenters. The first-order chi connectivity index (χ1) is 9.61. The zero-order chi connectivity index (χ0) is 14.3. The second-order valence-electron chi connectivity index (χ2n) is 4.96. The van der Waals surface area contributed by atoms with E-state index in [1.165, 1.54) is 17.0 Å². The van der Waals surface area contributed by atoms with E-state index in [-0.39, 0.29) is 23.2 Å². The molecule has 0 aromatic heterocycles. The molecule has 4 nitrogen and oxygen atoms in total. The summed E-state index contributed by atoms with van der Waals surface area (Å²) < 4.78 is 14.0. The van der Waals surface area contributed by atoms with Crippen molar-refractivity contribution in [2.24, 2.45) is 0 Å².